The summed E-state index contributed by atoms with van der Waals surface area (Å²) in [6, 6.07) is 8.46. The van der Waals surface area contributed by atoms with Crippen LogP contribution in [0.15, 0.2) is 29.3 Å². The summed E-state index contributed by atoms with van der Waals surface area (Å²) >= 11 is 0. The van der Waals surface area contributed by atoms with Crippen LogP contribution in [-0.4, -0.2) is 51.3 Å². The molecule has 0 fully saturated rings. The summed E-state index contributed by atoms with van der Waals surface area (Å²) in [7, 11) is 4.17. The minimum Gasteiger partial charge on any atom is -0.380 e. The van der Waals surface area contributed by atoms with Crippen LogP contribution in [-0.2, 0) is 17.8 Å². The average molecular weight is 306 g/mol. The lowest BCUT2D eigenvalue weighted by Crippen LogP contribution is -2.39. The molecule has 0 aliphatic heterocycles. The normalized spacial score (nSPS) is 11.8. The second-order valence-electron chi connectivity index (χ2n) is 5.33. The molecule has 0 aliphatic carbocycles. The van der Waals surface area contributed by atoms with Crippen LogP contribution in [0.2, 0.25) is 0 Å². The van der Waals surface area contributed by atoms with Gasteiger partial charge in [-0.05, 0) is 39.1 Å². The highest BCUT2D eigenvalue weighted by atomic mass is 16.5. The van der Waals surface area contributed by atoms with Gasteiger partial charge in [0.15, 0.2) is 5.96 Å². The van der Waals surface area contributed by atoms with Gasteiger partial charge in [0.1, 0.15) is 0 Å². The van der Waals surface area contributed by atoms with Gasteiger partial charge in [-0.1, -0.05) is 24.3 Å². The number of hydrogen-bond donors (Lipinski definition) is 2. The molecule has 1 rings (SSSR count). The minimum absolute atomic E-state index is 0.675. The first-order valence-corrected chi connectivity index (χ1v) is 7.98. The van der Waals surface area contributed by atoms with Gasteiger partial charge in [-0.25, -0.2) is 4.99 Å². The van der Waals surface area contributed by atoms with E-state index < -0.39 is 0 Å². The monoisotopic (exact) mass is 306 g/mol. The molecule has 5 heteroatoms. The molecule has 0 amide bonds. The molecule has 0 spiro atoms. The highest BCUT2D eigenvalue weighted by molar-refractivity contribution is 5.79. The number of aliphatic imine (C=N–C) groups is 1. The lowest BCUT2D eigenvalue weighted by molar-refractivity contribution is 0.152. The number of nitrogens with one attached hydrogen (secondary N) is 2. The third kappa shape index (κ3) is 7.43. The van der Waals surface area contributed by atoms with E-state index in [1.807, 2.05) is 6.92 Å². The van der Waals surface area contributed by atoms with E-state index in [1.54, 1.807) is 0 Å². The highest BCUT2D eigenvalue weighted by Crippen LogP contribution is 2.11. The van der Waals surface area contributed by atoms with Crippen molar-refractivity contribution < 1.29 is 4.74 Å². The van der Waals surface area contributed by atoms with Crippen molar-refractivity contribution in [1.82, 2.24) is 15.5 Å². The van der Waals surface area contributed by atoms with Crippen molar-refractivity contribution in [2.24, 2.45) is 4.99 Å². The Morgan fingerprint density at radius 3 is 2.50 bits per heavy atom. The molecule has 0 aliphatic rings. The fraction of sp³-hybridized carbons (Fsp3) is 0.588. The van der Waals surface area contributed by atoms with Gasteiger partial charge in [-0.15, -0.1) is 0 Å². The zero-order chi connectivity index (χ0) is 16.2. The summed E-state index contributed by atoms with van der Waals surface area (Å²) in [5.74, 6) is 0.835. The van der Waals surface area contributed by atoms with E-state index in [2.05, 4.69) is 65.8 Å². The largest absolute Gasteiger partial charge is 0.380 e. The average Bonchev–Trinajstić information content (AvgIpc) is 2.49. The van der Waals surface area contributed by atoms with Gasteiger partial charge in [0.2, 0.25) is 0 Å². The molecular weight excluding hydrogens is 276 g/mol. The number of nitrogens with zero attached hydrogens (tertiary/aromatic N) is 2. The Balaban J connectivity index is 2.64. The molecule has 0 saturated heterocycles. The summed E-state index contributed by atoms with van der Waals surface area (Å²) in [5.41, 5.74) is 2.58. The second-order valence-corrected chi connectivity index (χ2v) is 5.33. The quantitative estimate of drug-likeness (QED) is 0.415. The second kappa shape index (κ2) is 11.0. The zero-order valence-electron chi connectivity index (χ0n) is 14.4. The van der Waals surface area contributed by atoms with Crippen molar-refractivity contribution in [2.75, 3.05) is 40.4 Å². The SMILES string of the molecule is CCNC(=NCc1ccccc1CN(C)C)NCCOCC. The Labute approximate surface area is 134 Å². The summed E-state index contributed by atoms with van der Waals surface area (Å²) < 4.78 is 5.34. The van der Waals surface area contributed by atoms with Gasteiger partial charge in [0, 0.05) is 26.2 Å². The van der Waals surface area contributed by atoms with E-state index in [1.165, 1.54) is 11.1 Å². The van der Waals surface area contributed by atoms with E-state index in [9.17, 15) is 0 Å². The predicted octanol–water partition coefficient (Wildman–Crippen LogP) is 1.84. The van der Waals surface area contributed by atoms with E-state index in [0.717, 1.165) is 32.2 Å². The molecule has 22 heavy (non-hydrogen) atoms. The first kappa shape index (κ1) is 18.5. The van der Waals surface area contributed by atoms with E-state index in [0.29, 0.717) is 13.2 Å². The van der Waals surface area contributed by atoms with Crippen LogP contribution in [0.5, 0.6) is 0 Å². The van der Waals surface area contributed by atoms with Crippen LogP contribution in [0.25, 0.3) is 0 Å². The van der Waals surface area contributed by atoms with Crippen LogP contribution in [0.1, 0.15) is 25.0 Å². The van der Waals surface area contributed by atoms with Crippen molar-refractivity contribution in [3.8, 4) is 0 Å². The topological polar surface area (TPSA) is 48.9 Å². The van der Waals surface area contributed by atoms with E-state index in [-0.39, 0.29) is 0 Å². The van der Waals surface area contributed by atoms with E-state index in [4.69, 9.17) is 4.74 Å². The molecule has 1 aromatic rings. The lowest BCUT2D eigenvalue weighted by atomic mass is 10.1. The van der Waals surface area contributed by atoms with Gasteiger partial charge < -0.3 is 20.3 Å². The molecule has 0 atom stereocenters. The maximum Gasteiger partial charge on any atom is 0.191 e. The zero-order valence-corrected chi connectivity index (χ0v) is 14.4. The van der Waals surface area contributed by atoms with Crippen molar-refractivity contribution in [2.45, 2.75) is 26.9 Å². The Hall–Kier alpha value is -1.59. The molecule has 2 N–H and O–H groups in total. The molecule has 0 radical (unpaired) electrons. The van der Waals surface area contributed by atoms with Crippen LogP contribution in [0.4, 0.5) is 0 Å². The molecule has 124 valence electrons. The highest BCUT2D eigenvalue weighted by Gasteiger charge is 2.03. The Morgan fingerprint density at radius 1 is 1.14 bits per heavy atom. The Morgan fingerprint density at radius 2 is 1.86 bits per heavy atom. The van der Waals surface area contributed by atoms with Crippen LogP contribution >= 0.6 is 0 Å². The molecule has 0 aromatic heterocycles. The summed E-state index contributed by atoms with van der Waals surface area (Å²) in [6.45, 7) is 8.72. The molecular formula is C17H30N4O. The Bertz CT molecular complexity index is 446. The molecule has 0 unspecified atom stereocenters. The maximum absolute atomic E-state index is 5.34. The van der Waals surface area contributed by atoms with Crippen molar-refractivity contribution >= 4 is 5.96 Å². The van der Waals surface area contributed by atoms with Gasteiger partial charge in [0.25, 0.3) is 0 Å². The van der Waals surface area contributed by atoms with Gasteiger partial charge in [-0.2, -0.15) is 0 Å². The van der Waals surface area contributed by atoms with Gasteiger partial charge >= 0.3 is 0 Å². The fourth-order valence-corrected chi connectivity index (χ4v) is 2.10. The van der Waals surface area contributed by atoms with Crippen LogP contribution in [0.3, 0.4) is 0 Å². The lowest BCUT2D eigenvalue weighted by Gasteiger charge is -2.14. The molecule has 0 bridgehead atoms. The number of hydrogen-bond acceptors (Lipinski definition) is 3. The smallest absolute Gasteiger partial charge is 0.191 e. The maximum atomic E-state index is 5.34. The number of benzene rings is 1. The number of rotatable bonds is 9. The van der Waals surface area contributed by atoms with Gasteiger partial charge in [0.05, 0.1) is 13.2 Å². The summed E-state index contributed by atoms with van der Waals surface area (Å²) in [6.07, 6.45) is 0. The molecule has 1 aromatic carbocycles. The van der Waals surface area contributed by atoms with Crippen molar-refractivity contribution in [1.29, 1.82) is 0 Å². The molecule has 5 nitrogen and oxygen atoms in total. The van der Waals surface area contributed by atoms with Crippen LogP contribution in [0, 0.1) is 0 Å². The summed E-state index contributed by atoms with van der Waals surface area (Å²) in [5, 5.41) is 6.55. The number of guanidine groups is 1. The third-order valence-electron chi connectivity index (χ3n) is 3.10. The van der Waals surface area contributed by atoms with Crippen molar-refractivity contribution in [3.63, 3.8) is 0 Å². The number of ether oxygens (including phenoxy) is 1. The standard InChI is InChI=1S/C17H30N4O/c1-5-18-17(19-11-12-22-6-2)20-13-15-9-7-8-10-16(15)14-21(3)4/h7-10H,5-6,11-14H2,1-4H3,(H2,18,19,20). The Kier molecular flexibility index (Phi) is 9.26. The first-order chi connectivity index (χ1) is 10.7. The van der Waals surface area contributed by atoms with Gasteiger partial charge in [-0.3, -0.25) is 0 Å². The van der Waals surface area contributed by atoms with Crippen molar-refractivity contribution in [3.05, 3.63) is 35.4 Å². The minimum atomic E-state index is 0.675. The molecule has 0 saturated carbocycles. The third-order valence-corrected chi connectivity index (χ3v) is 3.10. The molecule has 0 heterocycles. The van der Waals surface area contributed by atoms with Crippen LogP contribution < -0.4 is 10.6 Å². The first-order valence-electron chi connectivity index (χ1n) is 7.98. The fourth-order valence-electron chi connectivity index (χ4n) is 2.10. The van der Waals surface area contributed by atoms with E-state index >= 15 is 0 Å². The predicted molar refractivity (Wildman–Crippen MR) is 93.1 cm³/mol. The summed E-state index contributed by atoms with van der Waals surface area (Å²) in [4.78, 5) is 6.84.